The molecule has 8 heteroatoms. The van der Waals surface area contributed by atoms with Gasteiger partial charge in [-0.3, -0.25) is 4.79 Å². The van der Waals surface area contributed by atoms with E-state index in [-0.39, 0.29) is 5.69 Å². The highest BCUT2D eigenvalue weighted by atomic mass is 79.9. The van der Waals surface area contributed by atoms with Gasteiger partial charge in [0.15, 0.2) is 0 Å². The van der Waals surface area contributed by atoms with Crippen molar-refractivity contribution in [2.24, 2.45) is 0 Å². The van der Waals surface area contributed by atoms with E-state index in [4.69, 9.17) is 0 Å². The molecule has 0 aliphatic heterocycles. The highest BCUT2D eigenvalue weighted by Crippen LogP contribution is 2.20. The van der Waals surface area contributed by atoms with Gasteiger partial charge in [-0.05, 0) is 25.1 Å². The van der Waals surface area contributed by atoms with Crippen LogP contribution < -0.4 is 10.6 Å². The van der Waals surface area contributed by atoms with E-state index < -0.39 is 30.5 Å². The minimum absolute atomic E-state index is 0.0397. The van der Waals surface area contributed by atoms with E-state index in [0.29, 0.717) is 4.47 Å². The van der Waals surface area contributed by atoms with Gasteiger partial charge in [-0.25, -0.2) is 4.39 Å². The van der Waals surface area contributed by atoms with E-state index >= 15 is 0 Å². The first-order chi connectivity index (χ1) is 8.69. The molecule has 0 heterocycles. The summed E-state index contributed by atoms with van der Waals surface area (Å²) in [5.41, 5.74) is 0.0397. The fourth-order valence-electron chi connectivity index (χ4n) is 1.25. The lowest BCUT2D eigenvalue weighted by molar-refractivity contribution is -0.138. The Morgan fingerprint density at radius 1 is 1.42 bits per heavy atom. The zero-order valence-electron chi connectivity index (χ0n) is 9.81. The Morgan fingerprint density at radius 2 is 2.05 bits per heavy atom. The van der Waals surface area contributed by atoms with Crippen molar-refractivity contribution in [1.29, 1.82) is 0 Å². The molecular formula is C11H11BrF4N2O. The number of anilines is 1. The number of benzene rings is 1. The summed E-state index contributed by atoms with van der Waals surface area (Å²) in [5.74, 6) is -1.47. The minimum atomic E-state index is -4.47. The lowest BCUT2D eigenvalue weighted by atomic mass is 10.2. The summed E-state index contributed by atoms with van der Waals surface area (Å²) >= 11 is 3.07. The van der Waals surface area contributed by atoms with E-state index in [0.717, 1.165) is 0 Å². The topological polar surface area (TPSA) is 41.1 Å². The van der Waals surface area contributed by atoms with Crippen molar-refractivity contribution in [3.05, 3.63) is 28.5 Å². The number of amides is 1. The minimum Gasteiger partial charge on any atom is -0.372 e. The molecule has 0 aliphatic carbocycles. The number of carbonyl (C=O) groups is 1. The molecule has 3 nitrogen and oxygen atoms in total. The third-order valence-corrected chi connectivity index (χ3v) is 2.65. The Labute approximate surface area is 115 Å². The number of hydrogen-bond acceptors (Lipinski definition) is 2. The molecule has 2 N–H and O–H groups in total. The summed E-state index contributed by atoms with van der Waals surface area (Å²) in [6.07, 6.45) is -4.47. The first kappa shape index (κ1) is 15.7. The van der Waals surface area contributed by atoms with Crippen LogP contribution in [-0.2, 0) is 4.79 Å². The van der Waals surface area contributed by atoms with Crippen molar-refractivity contribution in [2.45, 2.75) is 19.1 Å². The van der Waals surface area contributed by atoms with Crippen LogP contribution in [0.2, 0.25) is 0 Å². The molecule has 0 spiro atoms. The molecule has 106 valence electrons. The first-order valence-electron chi connectivity index (χ1n) is 5.25. The molecule has 1 rings (SSSR count). The molecule has 1 aromatic carbocycles. The molecule has 1 amide bonds. The Morgan fingerprint density at radius 3 is 2.58 bits per heavy atom. The normalized spacial score (nSPS) is 12.9. The van der Waals surface area contributed by atoms with Gasteiger partial charge in [-0.15, -0.1) is 0 Å². The second kappa shape index (κ2) is 6.23. The molecule has 0 aromatic heterocycles. The number of halogens is 5. The van der Waals surface area contributed by atoms with E-state index in [1.807, 2.05) is 0 Å². The van der Waals surface area contributed by atoms with Crippen molar-refractivity contribution in [3.8, 4) is 0 Å². The maximum Gasteiger partial charge on any atom is 0.405 e. The maximum absolute atomic E-state index is 13.4. The Kier molecular flexibility index (Phi) is 5.16. The second-order valence-corrected chi connectivity index (χ2v) is 4.74. The van der Waals surface area contributed by atoms with Gasteiger partial charge in [-0.2, -0.15) is 13.2 Å². The largest absolute Gasteiger partial charge is 0.405 e. The first-order valence-corrected chi connectivity index (χ1v) is 6.04. The summed E-state index contributed by atoms with van der Waals surface area (Å²) < 4.78 is 49.7. The Balaban J connectivity index is 2.59. The van der Waals surface area contributed by atoms with Crippen LogP contribution in [0.25, 0.3) is 0 Å². The zero-order chi connectivity index (χ0) is 14.6. The SMILES string of the molecule is CC(Nc1ccc(Br)cc1F)C(=O)NCC(F)(F)F. The van der Waals surface area contributed by atoms with E-state index in [1.54, 1.807) is 11.4 Å². The molecule has 0 fully saturated rings. The number of nitrogens with one attached hydrogen (secondary N) is 2. The van der Waals surface area contributed by atoms with Gasteiger partial charge in [0.2, 0.25) is 5.91 Å². The van der Waals surface area contributed by atoms with Crippen LogP contribution in [0.15, 0.2) is 22.7 Å². The van der Waals surface area contributed by atoms with Gasteiger partial charge in [0, 0.05) is 4.47 Å². The van der Waals surface area contributed by atoms with Gasteiger partial charge in [-0.1, -0.05) is 15.9 Å². The van der Waals surface area contributed by atoms with E-state index in [1.165, 1.54) is 19.1 Å². The van der Waals surface area contributed by atoms with Gasteiger partial charge in [0.1, 0.15) is 18.4 Å². The number of hydrogen-bond donors (Lipinski definition) is 2. The highest BCUT2D eigenvalue weighted by Gasteiger charge is 2.28. The summed E-state index contributed by atoms with van der Waals surface area (Å²) in [6, 6.07) is 3.12. The summed E-state index contributed by atoms with van der Waals surface area (Å²) in [5, 5.41) is 4.21. The van der Waals surface area contributed by atoms with Crippen molar-refractivity contribution in [2.75, 3.05) is 11.9 Å². The van der Waals surface area contributed by atoms with Gasteiger partial charge >= 0.3 is 6.18 Å². The van der Waals surface area contributed by atoms with Crippen molar-refractivity contribution in [1.82, 2.24) is 5.32 Å². The van der Waals surface area contributed by atoms with Crippen LogP contribution in [0.1, 0.15) is 6.92 Å². The standard InChI is InChI=1S/C11H11BrF4N2O/c1-6(10(19)17-5-11(14,15)16)18-9-3-2-7(12)4-8(9)13/h2-4,6,18H,5H2,1H3,(H,17,19). The molecule has 0 saturated heterocycles. The van der Waals surface area contributed by atoms with Crippen LogP contribution in [0.5, 0.6) is 0 Å². The van der Waals surface area contributed by atoms with E-state index in [2.05, 4.69) is 21.2 Å². The summed E-state index contributed by atoms with van der Waals surface area (Å²) in [6.45, 7) is -0.0755. The molecule has 19 heavy (non-hydrogen) atoms. The zero-order valence-corrected chi connectivity index (χ0v) is 11.4. The molecule has 1 aromatic rings. The Bertz CT molecular complexity index is 464. The van der Waals surface area contributed by atoms with Crippen molar-refractivity contribution >= 4 is 27.5 Å². The number of carbonyl (C=O) groups excluding carboxylic acids is 1. The van der Waals surface area contributed by atoms with Crippen LogP contribution in [-0.4, -0.2) is 24.7 Å². The second-order valence-electron chi connectivity index (χ2n) is 3.82. The van der Waals surface area contributed by atoms with Gasteiger partial charge in [0.25, 0.3) is 0 Å². The van der Waals surface area contributed by atoms with Gasteiger partial charge < -0.3 is 10.6 Å². The molecule has 0 saturated carbocycles. The molecular weight excluding hydrogens is 332 g/mol. The third-order valence-electron chi connectivity index (χ3n) is 2.16. The van der Waals surface area contributed by atoms with Crippen LogP contribution in [0, 0.1) is 5.82 Å². The van der Waals surface area contributed by atoms with Crippen molar-refractivity contribution in [3.63, 3.8) is 0 Å². The highest BCUT2D eigenvalue weighted by molar-refractivity contribution is 9.10. The van der Waals surface area contributed by atoms with Gasteiger partial charge in [0.05, 0.1) is 5.69 Å². The Hall–Kier alpha value is -1.31. The van der Waals surface area contributed by atoms with Crippen molar-refractivity contribution < 1.29 is 22.4 Å². The predicted molar refractivity (Wildman–Crippen MR) is 66.2 cm³/mol. The van der Waals surface area contributed by atoms with Crippen LogP contribution in [0.4, 0.5) is 23.2 Å². The molecule has 1 atom stereocenters. The monoisotopic (exact) mass is 342 g/mol. The molecule has 0 aliphatic rings. The summed E-state index contributed by atoms with van der Waals surface area (Å²) in [4.78, 5) is 11.4. The fourth-order valence-corrected chi connectivity index (χ4v) is 1.58. The fraction of sp³-hybridized carbons (Fsp3) is 0.364. The van der Waals surface area contributed by atoms with Crippen LogP contribution in [0.3, 0.4) is 0 Å². The molecule has 0 radical (unpaired) electrons. The lowest BCUT2D eigenvalue weighted by Crippen LogP contribution is -2.42. The molecule has 1 unspecified atom stereocenters. The quantitative estimate of drug-likeness (QED) is 0.825. The number of rotatable bonds is 4. The smallest absolute Gasteiger partial charge is 0.372 e. The predicted octanol–water partition coefficient (Wildman–Crippen LogP) is 3.07. The average molecular weight is 343 g/mol. The third kappa shape index (κ3) is 5.46. The number of alkyl halides is 3. The van der Waals surface area contributed by atoms with E-state index in [9.17, 15) is 22.4 Å². The lowest BCUT2D eigenvalue weighted by Gasteiger charge is -2.16. The maximum atomic E-state index is 13.4. The summed E-state index contributed by atoms with van der Waals surface area (Å²) in [7, 11) is 0. The molecule has 0 bridgehead atoms. The average Bonchev–Trinajstić information content (AvgIpc) is 2.28. The van der Waals surface area contributed by atoms with Crippen LogP contribution >= 0.6 is 15.9 Å².